The molecule has 2 N–H and O–H groups in total. The zero-order valence-electron chi connectivity index (χ0n) is 11.0. The van der Waals surface area contributed by atoms with Crippen molar-refractivity contribution in [2.45, 2.75) is 25.2 Å². The molecule has 0 aromatic heterocycles. The molecular formula is C14H18ClNO3S. The average molecular weight is 316 g/mol. The molecule has 1 fully saturated rings. The molecule has 2 atom stereocenters. The van der Waals surface area contributed by atoms with Crippen molar-refractivity contribution < 1.29 is 14.6 Å². The van der Waals surface area contributed by atoms with Crippen molar-refractivity contribution in [3.63, 3.8) is 0 Å². The molecule has 1 heterocycles. The van der Waals surface area contributed by atoms with Gasteiger partial charge in [-0.1, -0.05) is 35.5 Å². The minimum atomic E-state index is -0.610. The third-order valence-corrected chi connectivity index (χ3v) is 4.29. The molecule has 1 aliphatic heterocycles. The molecule has 0 amide bonds. The predicted octanol–water partition coefficient (Wildman–Crippen LogP) is 1.84. The Morgan fingerprint density at radius 3 is 2.85 bits per heavy atom. The molecule has 110 valence electrons. The Balaban J connectivity index is 1.61. The van der Waals surface area contributed by atoms with Crippen LogP contribution in [-0.4, -0.2) is 41.3 Å². The average Bonchev–Trinajstić information content (AvgIpc) is 2.84. The quantitative estimate of drug-likeness (QED) is 0.804. The number of thioether (sulfide) groups is 1. The first-order valence-electron chi connectivity index (χ1n) is 6.55. The van der Waals surface area contributed by atoms with E-state index in [1.54, 1.807) is 0 Å². The van der Waals surface area contributed by atoms with Crippen LogP contribution in [0.2, 0.25) is 5.02 Å². The van der Waals surface area contributed by atoms with Crippen LogP contribution in [-0.2, 0) is 16.1 Å². The zero-order valence-corrected chi connectivity index (χ0v) is 12.6. The van der Waals surface area contributed by atoms with Crippen LogP contribution >= 0.6 is 23.4 Å². The normalized spacial score (nSPS) is 20.3. The molecule has 20 heavy (non-hydrogen) atoms. The summed E-state index contributed by atoms with van der Waals surface area (Å²) in [6.45, 7) is 1.05. The molecule has 0 bridgehead atoms. The largest absolute Gasteiger partial charge is 0.389 e. The van der Waals surface area contributed by atoms with Gasteiger partial charge in [0.2, 0.25) is 5.12 Å². The number of halogens is 1. The Bertz CT molecular complexity index is 441. The van der Waals surface area contributed by atoms with E-state index in [1.807, 2.05) is 24.3 Å². The monoisotopic (exact) mass is 315 g/mol. The fourth-order valence-electron chi connectivity index (χ4n) is 1.91. The third-order valence-electron chi connectivity index (χ3n) is 3.03. The van der Waals surface area contributed by atoms with Crippen molar-refractivity contribution >= 4 is 28.5 Å². The highest BCUT2D eigenvalue weighted by molar-refractivity contribution is 8.14. The van der Waals surface area contributed by atoms with Crippen molar-refractivity contribution in [1.82, 2.24) is 5.32 Å². The minimum Gasteiger partial charge on any atom is -0.389 e. The van der Waals surface area contributed by atoms with Crippen LogP contribution in [0.25, 0.3) is 0 Å². The van der Waals surface area contributed by atoms with E-state index in [-0.39, 0.29) is 17.8 Å². The summed E-state index contributed by atoms with van der Waals surface area (Å²) in [5.41, 5.74) is 1.01. The van der Waals surface area contributed by atoms with Gasteiger partial charge in [-0.3, -0.25) is 4.79 Å². The first kappa shape index (κ1) is 15.8. The third kappa shape index (κ3) is 5.07. The zero-order chi connectivity index (χ0) is 14.4. The number of hydrogen-bond donors (Lipinski definition) is 2. The smallest absolute Gasteiger partial charge is 0.205 e. The van der Waals surface area contributed by atoms with Crippen LogP contribution < -0.4 is 5.32 Å². The molecule has 2 unspecified atom stereocenters. The number of aliphatic hydroxyl groups is 1. The highest BCUT2D eigenvalue weighted by Gasteiger charge is 2.25. The molecular weight excluding hydrogens is 298 g/mol. The van der Waals surface area contributed by atoms with Crippen LogP contribution in [0.3, 0.4) is 0 Å². The lowest BCUT2D eigenvalue weighted by Crippen LogP contribution is -2.39. The number of ether oxygens (including phenoxy) is 1. The molecule has 1 saturated heterocycles. The highest BCUT2D eigenvalue weighted by atomic mass is 35.5. The van der Waals surface area contributed by atoms with Crippen molar-refractivity contribution in [2.75, 3.05) is 18.9 Å². The van der Waals surface area contributed by atoms with E-state index in [0.717, 1.165) is 17.7 Å². The predicted molar refractivity (Wildman–Crippen MR) is 81.0 cm³/mol. The summed E-state index contributed by atoms with van der Waals surface area (Å²) >= 11 is 7.14. The molecule has 1 aliphatic rings. The standard InChI is InChI=1S/C14H18ClNO3S/c15-11-3-1-10(2-4-11)8-19-9-12(17)7-16-13-5-6-20-14(13)18/h1-4,12-13,16-17H,5-9H2. The first-order valence-corrected chi connectivity index (χ1v) is 7.92. The van der Waals surface area contributed by atoms with Crippen LogP contribution in [0.4, 0.5) is 0 Å². The maximum atomic E-state index is 11.4. The van der Waals surface area contributed by atoms with Crippen molar-refractivity contribution in [1.29, 1.82) is 0 Å². The fourth-order valence-corrected chi connectivity index (χ4v) is 2.99. The second-order valence-corrected chi connectivity index (χ2v) is 6.25. The number of nitrogens with one attached hydrogen (secondary N) is 1. The summed E-state index contributed by atoms with van der Waals surface area (Å²) in [4.78, 5) is 11.4. The van der Waals surface area contributed by atoms with Crippen molar-refractivity contribution in [3.8, 4) is 0 Å². The van der Waals surface area contributed by atoms with Gasteiger partial charge in [0, 0.05) is 17.3 Å². The van der Waals surface area contributed by atoms with Gasteiger partial charge in [0.05, 0.1) is 25.4 Å². The van der Waals surface area contributed by atoms with Crippen molar-refractivity contribution in [3.05, 3.63) is 34.9 Å². The van der Waals surface area contributed by atoms with Gasteiger partial charge < -0.3 is 15.2 Å². The van der Waals surface area contributed by atoms with E-state index in [1.165, 1.54) is 11.8 Å². The van der Waals surface area contributed by atoms with Gasteiger partial charge in [-0.2, -0.15) is 0 Å². The molecule has 1 aromatic rings. The van der Waals surface area contributed by atoms with Crippen molar-refractivity contribution in [2.24, 2.45) is 0 Å². The molecule has 2 rings (SSSR count). The number of aliphatic hydroxyl groups excluding tert-OH is 1. The van der Waals surface area contributed by atoms with E-state index in [0.29, 0.717) is 18.2 Å². The lowest BCUT2D eigenvalue weighted by atomic mass is 10.2. The van der Waals surface area contributed by atoms with Crippen LogP contribution in [0.5, 0.6) is 0 Å². The Kier molecular flexibility index (Phi) is 6.32. The maximum absolute atomic E-state index is 11.4. The van der Waals surface area contributed by atoms with E-state index in [2.05, 4.69) is 5.32 Å². The summed E-state index contributed by atoms with van der Waals surface area (Å²) in [5.74, 6) is 0.861. The van der Waals surface area contributed by atoms with Crippen LogP contribution in [0.1, 0.15) is 12.0 Å². The van der Waals surface area contributed by atoms with Gasteiger partial charge >= 0.3 is 0 Å². The summed E-state index contributed by atoms with van der Waals surface area (Å²) in [5, 5.41) is 13.7. The summed E-state index contributed by atoms with van der Waals surface area (Å²) in [6, 6.07) is 7.28. The first-order chi connectivity index (χ1) is 9.65. The van der Waals surface area contributed by atoms with E-state index < -0.39 is 6.10 Å². The maximum Gasteiger partial charge on any atom is 0.205 e. The number of hydrogen-bond acceptors (Lipinski definition) is 5. The number of rotatable bonds is 7. The molecule has 0 saturated carbocycles. The van der Waals surface area contributed by atoms with Crippen LogP contribution in [0.15, 0.2) is 24.3 Å². The van der Waals surface area contributed by atoms with Gasteiger partial charge in [-0.25, -0.2) is 0 Å². The van der Waals surface area contributed by atoms with Gasteiger partial charge in [0.25, 0.3) is 0 Å². The molecule has 0 radical (unpaired) electrons. The van der Waals surface area contributed by atoms with Gasteiger partial charge in [0.1, 0.15) is 0 Å². The van der Waals surface area contributed by atoms with Crippen LogP contribution in [0, 0.1) is 0 Å². The van der Waals surface area contributed by atoms with E-state index >= 15 is 0 Å². The Morgan fingerprint density at radius 2 is 2.20 bits per heavy atom. The van der Waals surface area contributed by atoms with E-state index in [4.69, 9.17) is 16.3 Å². The number of carbonyl (C=O) groups is 1. The number of benzene rings is 1. The summed E-state index contributed by atoms with van der Waals surface area (Å²) in [7, 11) is 0. The molecule has 0 aliphatic carbocycles. The SMILES string of the molecule is O=C1SCCC1NCC(O)COCc1ccc(Cl)cc1. The minimum absolute atomic E-state index is 0.120. The Morgan fingerprint density at radius 1 is 1.45 bits per heavy atom. The molecule has 4 nitrogen and oxygen atoms in total. The summed E-state index contributed by atoms with van der Waals surface area (Å²) < 4.78 is 5.44. The second-order valence-electron chi connectivity index (χ2n) is 4.71. The Labute approximate surface area is 127 Å². The van der Waals surface area contributed by atoms with Gasteiger partial charge in [-0.15, -0.1) is 0 Å². The second kappa shape index (κ2) is 8.00. The summed E-state index contributed by atoms with van der Waals surface area (Å²) in [6.07, 6.45) is 0.225. The molecule has 0 spiro atoms. The van der Waals surface area contributed by atoms with E-state index in [9.17, 15) is 9.90 Å². The number of carbonyl (C=O) groups excluding carboxylic acids is 1. The Hall–Kier alpha value is -0.590. The molecule has 6 heteroatoms. The fraction of sp³-hybridized carbons (Fsp3) is 0.500. The topological polar surface area (TPSA) is 58.6 Å². The lowest BCUT2D eigenvalue weighted by Gasteiger charge is -2.15. The highest BCUT2D eigenvalue weighted by Crippen LogP contribution is 2.19. The van der Waals surface area contributed by atoms with Gasteiger partial charge in [-0.05, 0) is 24.1 Å². The lowest BCUT2D eigenvalue weighted by molar-refractivity contribution is -0.112. The van der Waals surface area contributed by atoms with Gasteiger partial charge in [0.15, 0.2) is 0 Å². The molecule has 1 aromatic carbocycles.